The summed E-state index contributed by atoms with van der Waals surface area (Å²) in [5.41, 5.74) is -2.02. The molecule has 0 aromatic carbocycles. The van der Waals surface area contributed by atoms with Crippen LogP contribution in [0.3, 0.4) is 0 Å². The van der Waals surface area contributed by atoms with Crippen LogP contribution < -0.4 is 0 Å². The highest BCUT2D eigenvalue weighted by atomic mass is 16.7. The Hall–Kier alpha value is -1.11. The molecule has 16 unspecified atom stereocenters. The lowest BCUT2D eigenvalue weighted by Gasteiger charge is -2.68. The van der Waals surface area contributed by atoms with Crippen molar-refractivity contribution < 1.29 is 50.0 Å². The monoisotopic (exact) mass is 636 g/mol. The van der Waals surface area contributed by atoms with E-state index in [0.717, 1.165) is 37.7 Å². The molecular formula is C35H56O10. The second kappa shape index (κ2) is 11.2. The zero-order valence-electron chi connectivity index (χ0n) is 27.6. The van der Waals surface area contributed by atoms with Crippen molar-refractivity contribution in [3.05, 3.63) is 11.6 Å². The summed E-state index contributed by atoms with van der Waals surface area (Å²) in [7, 11) is 0. The van der Waals surface area contributed by atoms with E-state index in [1.807, 2.05) is 20.8 Å². The van der Waals surface area contributed by atoms with E-state index in [1.54, 1.807) is 0 Å². The van der Waals surface area contributed by atoms with Gasteiger partial charge in [-0.2, -0.15) is 0 Å². The zero-order valence-corrected chi connectivity index (χ0v) is 27.6. The maximum Gasteiger partial charge on any atom is 0.315 e. The first-order chi connectivity index (χ1) is 21.0. The van der Waals surface area contributed by atoms with Crippen molar-refractivity contribution in [3.63, 3.8) is 0 Å². The van der Waals surface area contributed by atoms with Gasteiger partial charge in [0.05, 0.1) is 30.3 Å². The lowest BCUT2D eigenvalue weighted by atomic mass is 9.37. The Bertz CT molecular complexity index is 1190. The van der Waals surface area contributed by atoms with E-state index in [-0.39, 0.29) is 29.3 Å². The summed E-state index contributed by atoms with van der Waals surface area (Å²) in [6, 6.07) is 0. The molecule has 5 fully saturated rings. The van der Waals surface area contributed by atoms with Crippen LogP contribution in [0.5, 0.6) is 0 Å². The van der Waals surface area contributed by atoms with Crippen LogP contribution in [0.25, 0.3) is 0 Å². The molecule has 6 aliphatic rings. The standard InChI is InChI=1S/C35H56O10/c1-18-10-13-35(30(42)45-29-27(41)26(40)25(39)22(16-36)44-29)15-14-31(2)19-8-9-23-32(3,12-11-24(38)33(23,4)17-37)20(19)6-7-21(31)28(35)34(18,5)43/h7,18-20,22-29,36-41,43H,6,8-17H2,1-5H3. The minimum Gasteiger partial charge on any atom is -0.432 e. The molecule has 1 heterocycles. The Labute approximate surface area is 266 Å². The highest BCUT2D eigenvalue weighted by molar-refractivity contribution is 5.79. The highest BCUT2D eigenvalue weighted by Crippen LogP contribution is 2.72. The van der Waals surface area contributed by atoms with E-state index < -0.39 is 71.7 Å². The third-order valence-electron chi connectivity index (χ3n) is 14.9. The highest BCUT2D eigenvalue weighted by Gasteiger charge is 2.69. The number of carbonyl (C=O) groups excluding carboxylic acids is 1. The molecule has 6 rings (SSSR count). The number of esters is 1. The van der Waals surface area contributed by atoms with Crippen LogP contribution in [0.1, 0.15) is 92.4 Å². The Morgan fingerprint density at radius 2 is 1.62 bits per heavy atom. The van der Waals surface area contributed by atoms with Gasteiger partial charge in [0.1, 0.15) is 24.4 Å². The number of rotatable bonds is 4. The largest absolute Gasteiger partial charge is 0.432 e. The van der Waals surface area contributed by atoms with Crippen molar-refractivity contribution in [2.24, 2.45) is 51.2 Å². The topological polar surface area (TPSA) is 177 Å². The number of aliphatic hydroxyl groups is 7. The molecule has 256 valence electrons. The van der Waals surface area contributed by atoms with Crippen molar-refractivity contribution >= 4 is 5.97 Å². The van der Waals surface area contributed by atoms with E-state index >= 15 is 0 Å². The molecular weight excluding hydrogens is 580 g/mol. The van der Waals surface area contributed by atoms with Crippen molar-refractivity contribution in [2.75, 3.05) is 13.2 Å². The third-order valence-corrected chi connectivity index (χ3v) is 14.9. The number of aliphatic hydroxyl groups excluding tert-OH is 6. The smallest absolute Gasteiger partial charge is 0.315 e. The molecule has 1 aliphatic heterocycles. The molecule has 0 aromatic rings. The lowest BCUT2D eigenvalue weighted by Crippen LogP contribution is -2.66. The lowest BCUT2D eigenvalue weighted by molar-refractivity contribution is -0.299. The normalized spacial score (nSPS) is 56.2. The number of hydrogen-bond donors (Lipinski definition) is 7. The SMILES string of the molecule is CC1CCC2(C(=O)OC3OC(CO)C(O)C(O)C3O)CCC3(C)C(=CCC4C3CCC3C(C)(CO)C(O)CCC43C)C2C1(C)O. The van der Waals surface area contributed by atoms with E-state index in [9.17, 15) is 40.5 Å². The van der Waals surface area contributed by atoms with E-state index in [1.165, 1.54) is 0 Å². The first kappa shape index (κ1) is 33.8. The first-order valence-electron chi connectivity index (χ1n) is 17.3. The molecule has 5 aliphatic carbocycles. The fraction of sp³-hybridized carbons (Fsp3) is 0.914. The minimum atomic E-state index is -1.69. The molecule has 0 radical (unpaired) electrons. The van der Waals surface area contributed by atoms with Gasteiger partial charge in [0.25, 0.3) is 0 Å². The van der Waals surface area contributed by atoms with Crippen LogP contribution >= 0.6 is 0 Å². The summed E-state index contributed by atoms with van der Waals surface area (Å²) in [5.74, 6) is -0.313. The van der Waals surface area contributed by atoms with Gasteiger partial charge in [-0.05, 0) is 99.2 Å². The molecule has 0 spiro atoms. The molecule has 10 nitrogen and oxygen atoms in total. The van der Waals surface area contributed by atoms with E-state index in [0.29, 0.717) is 37.5 Å². The average molecular weight is 637 g/mol. The van der Waals surface area contributed by atoms with Gasteiger partial charge in [0.15, 0.2) is 0 Å². The molecule has 4 saturated carbocycles. The quantitative estimate of drug-likeness (QED) is 0.179. The third kappa shape index (κ3) is 4.60. The van der Waals surface area contributed by atoms with Crippen molar-refractivity contribution in [1.29, 1.82) is 0 Å². The summed E-state index contributed by atoms with van der Waals surface area (Å²) in [4.78, 5) is 14.4. The molecule has 0 aromatic heterocycles. The number of hydrogen-bond acceptors (Lipinski definition) is 10. The van der Waals surface area contributed by atoms with Gasteiger partial charge in [-0.15, -0.1) is 0 Å². The second-order valence-corrected chi connectivity index (χ2v) is 16.7. The van der Waals surface area contributed by atoms with Crippen molar-refractivity contribution in [3.8, 4) is 0 Å². The molecule has 7 N–H and O–H groups in total. The fourth-order valence-corrected chi connectivity index (χ4v) is 11.8. The summed E-state index contributed by atoms with van der Waals surface area (Å²) in [6.45, 7) is 9.92. The number of allylic oxidation sites excluding steroid dienone is 1. The Morgan fingerprint density at radius 1 is 0.911 bits per heavy atom. The van der Waals surface area contributed by atoms with Gasteiger partial charge < -0.3 is 45.2 Å². The van der Waals surface area contributed by atoms with Gasteiger partial charge in [-0.3, -0.25) is 4.79 Å². The molecule has 0 bridgehead atoms. The summed E-state index contributed by atoms with van der Waals surface area (Å²) < 4.78 is 11.4. The predicted octanol–water partition coefficient (Wildman–Crippen LogP) is 2.05. The van der Waals surface area contributed by atoms with Gasteiger partial charge >= 0.3 is 5.97 Å². The van der Waals surface area contributed by atoms with Gasteiger partial charge in [-0.1, -0.05) is 39.3 Å². The number of carbonyl (C=O) groups is 1. The Morgan fingerprint density at radius 3 is 2.29 bits per heavy atom. The van der Waals surface area contributed by atoms with Crippen LogP contribution in [0, 0.1) is 51.2 Å². The predicted molar refractivity (Wildman–Crippen MR) is 163 cm³/mol. The number of fused-ring (bicyclic) bond motifs is 7. The average Bonchev–Trinajstić information content (AvgIpc) is 3.01. The summed E-state index contributed by atoms with van der Waals surface area (Å²) in [6.07, 6.45) is 0.679. The van der Waals surface area contributed by atoms with Crippen LogP contribution in [0.2, 0.25) is 0 Å². The van der Waals surface area contributed by atoms with Gasteiger partial charge in [0.2, 0.25) is 6.29 Å². The summed E-state index contributed by atoms with van der Waals surface area (Å²) in [5, 5.41) is 74.7. The summed E-state index contributed by atoms with van der Waals surface area (Å²) >= 11 is 0. The van der Waals surface area contributed by atoms with Crippen LogP contribution in [0.15, 0.2) is 11.6 Å². The molecule has 1 saturated heterocycles. The minimum absolute atomic E-state index is 0.0356. The van der Waals surface area contributed by atoms with Gasteiger partial charge in [0, 0.05) is 11.3 Å². The number of ether oxygens (including phenoxy) is 2. The van der Waals surface area contributed by atoms with Crippen molar-refractivity contribution in [1.82, 2.24) is 0 Å². The molecule has 0 amide bonds. The Balaban J connectivity index is 1.36. The molecule has 45 heavy (non-hydrogen) atoms. The van der Waals surface area contributed by atoms with Crippen LogP contribution in [-0.2, 0) is 14.3 Å². The van der Waals surface area contributed by atoms with Gasteiger partial charge in [-0.25, -0.2) is 0 Å². The van der Waals surface area contributed by atoms with E-state index in [4.69, 9.17) is 9.47 Å². The van der Waals surface area contributed by atoms with Crippen LogP contribution in [-0.4, -0.2) is 97.3 Å². The molecule has 10 heteroatoms. The maximum atomic E-state index is 14.4. The second-order valence-electron chi connectivity index (χ2n) is 16.7. The van der Waals surface area contributed by atoms with Crippen molar-refractivity contribution in [2.45, 2.75) is 135 Å². The zero-order chi connectivity index (χ0) is 32.9. The molecule has 16 atom stereocenters. The first-order valence-corrected chi connectivity index (χ1v) is 17.3. The maximum absolute atomic E-state index is 14.4. The Kier molecular flexibility index (Phi) is 8.42. The van der Waals surface area contributed by atoms with Crippen LogP contribution in [0.4, 0.5) is 0 Å². The van der Waals surface area contributed by atoms with E-state index in [2.05, 4.69) is 19.9 Å². The fourth-order valence-electron chi connectivity index (χ4n) is 11.8.